The molecule has 3 heteroatoms. The predicted molar refractivity (Wildman–Crippen MR) is 129 cm³/mol. The maximum absolute atomic E-state index is 13.9. The van der Waals surface area contributed by atoms with Gasteiger partial charge in [0.25, 0.3) is 0 Å². The number of carbonyl (C=O) groups is 2. The van der Waals surface area contributed by atoms with Crippen LogP contribution in [0.4, 0.5) is 0 Å². The molecule has 0 radical (unpaired) electrons. The fourth-order valence-corrected chi connectivity index (χ4v) is 8.38. The van der Waals surface area contributed by atoms with Crippen LogP contribution in [0.25, 0.3) is 0 Å². The van der Waals surface area contributed by atoms with E-state index in [1.807, 2.05) is 0 Å². The number of aliphatic hydroxyl groups is 1. The first-order valence-corrected chi connectivity index (χ1v) is 13.1. The van der Waals surface area contributed by atoms with Crippen LogP contribution < -0.4 is 0 Å². The van der Waals surface area contributed by atoms with Crippen LogP contribution in [0.3, 0.4) is 0 Å². The van der Waals surface area contributed by atoms with Gasteiger partial charge < -0.3 is 5.11 Å². The Morgan fingerprint density at radius 2 is 1.84 bits per heavy atom. The number of ketones is 2. The van der Waals surface area contributed by atoms with E-state index in [0.717, 1.165) is 56.1 Å². The number of hydrogen-bond acceptors (Lipinski definition) is 3. The summed E-state index contributed by atoms with van der Waals surface area (Å²) >= 11 is 0. The van der Waals surface area contributed by atoms with Crippen molar-refractivity contribution in [1.82, 2.24) is 0 Å². The standard InChI is InChI=1S/C29H44O3/c1-16(2)17(3)10-11-19(5)20-12-13-21-24-23(30)15-22-18(4)9-8-14-28(22,6)25(24)26(31)27(32)29(20,21)7/h16,18-22,27,32H,3,8-15H2,1-2,4-7H3/t18-,19-,20?,21?,22?,27+,28+,29-/m1/s1. The smallest absolute Gasteiger partial charge is 0.188 e. The quantitative estimate of drug-likeness (QED) is 0.510. The second-order valence-corrected chi connectivity index (χ2v) is 12.5. The molecule has 0 saturated heterocycles. The van der Waals surface area contributed by atoms with Crippen LogP contribution >= 0.6 is 0 Å². The molecule has 1 N–H and O–H groups in total. The molecule has 0 bridgehead atoms. The summed E-state index contributed by atoms with van der Waals surface area (Å²) < 4.78 is 0. The van der Waals surface area contributed by atoms with Crippen LogP contribution in [-0.4, -0.2) is 22.8 Å². The molecule has 0 spiro atoms. The van der Waals surface area contributed by atoms with Gasteiger partial charge in [-0.1, -0.05) is 66.5 Å². The predicted octanol–water partition coefficient (Wildman–Crippen LogP) is 6.30. The fraction of sp³-hybridized carbons (Fsp3) is 0.793. The molecule has 0 aromatic carbocycles. The maximum Gasteiger partial charge on any atom is 0.188 e. The average molecular weight is 441 g/mol. The molecule has 32 heavy (non-hydrogen) atoms. The van der Waals surface area contributed by atoms with E-state index in [1.165, 1.54) is 5.57 Å². The molecular weight excluding hydrogens is 396 g/mol. The largest absolute Gasteiger partial charge is 0.384 e. The van der Waals surface area contributed by atoms with E-state index in [9.17, 15) is 14.7 Å². The first-order valence-electron chi connectivity index (χ1n) is 13.1. The zero-order valence-electron chi connectivity index (χ0n) is 21.2. The summed E-state index contributed by atoms with van der Waals surface area (Å²) in [6, 6.07) is 0. The maximum atomic E-state index is 13.9. The molecule has 0 heterocycles. The number of allylic oxidation sites excluding steroid dienone is 2. The lowest BCUT2D eigenvalue weighted by Crippen LogP contribution is -2.57. The number of fused-ring (bicyclic) bond motifs is 4. The van der Waals surface area contributed by atoms with Crippen LogP contribution in [0, 0.1) is 46.3 Å². The number of carbonyl (C=O) groups excluding carboxylic acids is 2. The topological polar surface area (TPSA) is 54.4 Å². The van der Waals surface area contributed by atoms with Gasteiger partial charge in [0.05, 0.1) is 0 Å². The minimum atomic E-state index is -0.991. The molecule has 2 saturated carbocycles. The lowest BCUT2D eigenvalue weighted by molar-refractivity contribution is -0.143. The molecule has 3 unspecified atom stereocenters. The van der Waals surface area contributed by atoms with Gasteiger partial charge >= 0.3 is 0 Å². The highest BCUT2D eigenvalue weighted by molar-refractivity contribution is 6.12. The Morgan fingerprint density at radius 3 is 2.50 bits per heavy atom. The number of hydrogen-bond donors (Lipinski definition) is 1. The summed E-state index contributed by atoms with van der Waals surface area (Å²) in [4.78, 5) is 27.4. The van der Waals surface area contributed by atoms with Gasteiger partial charge in [-0.05, 0) is 67.6 Å². The zero-order chi connectivity index (χ0) is 23.6. The highest BCUT2D eigenvalue weighted by Crippen LogP contribution is 2.65. The molecule has 0 aliphatic heterocycles. The normalized spacial score (nSPS) is 42.6. The van der Waals surface area contributed by atoms with E-state index in [4.69, 9.17) is 0 Å². The van der Waals surface area contributed by atoms with Crippen molar-refractivity contribution in [2.24, 2.45) is 46.3 Å². The minimum Gasteiger partial charge on any atom is -0.384 e. The molecule has 4 rings (SSSR count). The Morgan fingerprint density at radius 1 is 1.16 bits per heavy atom. The molecule has 8 atom stereocenters. The van der Waals surface area contributed by atoms with Gasteiger partial charge in [-0.2, -0.15) is 0 Å². The lowest BCUT2D eigenvalue weighted by Gasteiger charge is -2.55. The van der Waals surface area contributed by atoms with Gasteiger partial charge in [0.15, 0.2) is 11.6 Å². The van der Waals surface area contributed by atoms with E-state index in [0.29, 0.717) is 24.2 Å². The third-order valence-electron chi connectivity index (χ3n) is 10.6. The van der Waals surface area contributed by atoms with Crippen molar-refractivity contribution in [3.05, 3.63) is 23.3 Å². The van der Waals surface area contributed by atoms with Gasteiger partial charge in [0.2, 0.25) is 0 Å². The first-order chi connectivity index (χ1) is 14.9. The molecule has 0 amide bonds. The van der Waals surface area contributed by atoms with Gasteiger partial charge in [-0.25, -0.2) is 0 Å². The zero-order valence-corrected chi connectivity index (χ0v) is 21.2. The van der Waals surface area contributed by atoms with Crippen LogP contribution in [0.5, 0.6) is 0 Å². The van der Waals surface area contributed by atoms with Gasteiger partial charge in [0.1, 0.15) is 6.10 Å². The second-order valence-electron chi connectivity index (χ2n) is 12.5. The summed E-state index contributed by atoms with van der Waals surface area (Å²) in [5.74, 6) is 1.92. The fourth-order valence-electron chi connectivity index (χ4n) is 8.38. The van der Waals surface area contributed by atoms with Crippen molar-refractivity contribution in [3.63, 3.8) is 0 Å². The van der Waals surface area contributed by atoms with Crippen molar-refractivity contribution >= 4 is 11.6 Å². The molecule has 3 nitrogen and oxygen atoms in total. The van der Waals surface area contributed by atoms with E-state index in [2.05, 4.69) is 48.1 Å². The Bertz CT molecular complexity index is 850. The van der Waals surface area contributed by atoms with E-state index in [-0.39, 0.29) is 34.7 Å². The van der Waals surface area contributed by atoms with E-state index < -0.39 is 11.5 Å². The lowest BCUT2D eigenvalue weighted by atomic mass is 9.48. The second kappa shape index (κ2) is 8.22. The average Bonchev–Trinajstić information content (AvgIpc) is 3.09. The molecule has 0 aromatic heterocycles. The first kappa shape index (κ1) is 23.9. The number of Topliss-reactive ketones (excluding diaryl/α,β-unsaturated/α-hetero) is 2. The summed E-state index contributed by atoms with van der Waals surface area (Å²) in [6.45, 7) is 17.5. The van der Waals surface area contributed by atoms with Crippen molar-refractivity contribution in [2.45, 2.75) is 99.0 Å². The Hall–Kier alpha value is -1.22. The molecule has 4 aliphatic rings. The van der Waals surface area contributed by atoms with Crippen LogP contribution in [0.1, 0.15) is 92.9 Å². The highest BCUT2D eigenvalue weighted by atomic mass is 16.3. The molecule has 2 fully saturated rings. The molecule has 4 aliphatic carbocycles. The van der Waals surface area contributed by atoms with Crippen LogP contribution in [0.2, 0.25) is 0 Å². The van der Waals surface area contributed by atoms with E-state index >= 15 is 0 Å². The molecule has 178 valence electrons. The van der Waals surface area contributed by atoms with Crippen molar-refractivity contribution in [3.8, 4) is 0 Å². The van der Waals surface area contributed by atoms with E-state index in [1.54, 1.807) is 0 Å². The minimum absolute atomic E-state index is 0.0217. The van der Waals surface area contributed by atoms with Crippen molar-refractivity contribution < 1.29 is 14.7 Å². The van der Waals surface area contributed by atoms with Crippen LogP contribution in [-0.2, 0) is 9.59 Å². The van der Waals surface area contributed by atoms with Gasteiger partial charge in [0, 0.05) is 28.4 Å². The Labute approximate surface area is 195 Å². The highest BCUT2D eigenvalue weighted by Gasteiger charge is 2.64. The van der Waals surface area contributed by atoms with Crippen molar-refractivity contribution in [2.75, 3.05) is 0 Å². The third kappa shape index (κ3) is 3.32. The third-order valence-corrected chi connectivity index (χ3v) is 10.6. The summed E-state index contributed by atoms with van der Waals surface area (Å²) in [7, 11) is 0. The Balaban J connectivity index is 1.70. The summed E-state index contributed by atoms with van der Waals surface area (Å²) in [5.41, 5.74) is 2.06. The number of rotatable bonds is 5. The van der Waals surface area contributed by atoms with Gasteiger partial charge in [-0.15, -0.1) is 0 Å². The van der Waals surface area contributed by atoms with Gasteiger partial charge in [-0.3, -0.25) is 9.59 Å². The van der Waals surface area contributed by atoms with Crippen LogP contribution in [0.15, 0.2) is 23.3 Å². The molecule has 0 aromatic rings. The monoisotopic (exact) mass is 440 g/mol. The summed E-state index contributed by atoms with van der Waals surface area (Å²) in [6.07, 6.45) is 6.72. The van der Waals surface area contributed by atoms with Crippen molar-refractivity contribution in [1.29, 1.82) is 0 Å². The Kier molecular flexibility index (Phi) is 6.14. The SMILES string of the molecule is C=C(CC[C@@H](C)C1CCC2C3=C(C(=O)[C@H](O)[C@@]21C)[C@@]1(C)CCC[C@@H](C)C1CC3=O)C(C)C. The number of aliphatic hydroxyl groups excluding tert-OH is 1. The molecular formula is C29H44O3. The summed E-state index contributed by atoms with van der Waals surface area (Å²) in [5, 5.41) is 11.6.